The minimum Gasteiger partial charge on any atom is -0.339 e. The molecule has 2 saturated heterocycles. The monoisotopic (exact) mass is 539 g/mol. The highest BCUT2D eigenvalue weighted by Crippen LogP contribution is 2.39. The summed E-state index contributed by atoms with van der Waals surface area (Å²) in [4.78, 5) is 45.7. The summed E-state index contributed by atoms with van der Waals surface area (Å²) >= 11 is 0. The molecule has 0 atom stereocenters. The third kappa shape index (κ3) is 5.26. The third-order valence-electron chi connectivity index (χ3n) is 8.43. The summed E-state index contributed by atoms with van der Waals surface area (Å²) in [6.45, 7) is 9.21. The van der Waals surface area contributed by atoms with Crippen LogP contribution in [0.5, 0.6) is 0 Å². The number of rotatable bonds is 5. The Morgan fingerprint density at radius 2 is 1.55 bits per heavy atom. The van der Waals surface area contributed by atoms with Gasteiger partial charge < -0.3 is 25.3 Å². The van der Waals surface area contributed by atoms with Gasteiger partial charge in [-0.25, -0.2) is 4.79 Å². The fourth-order valence-corrected chi connectivity index (χ4v) is 5.68. The lowest BCUT2D eigenvalue weighted by Gasteiger charge is -2.43. The zero-order valence-corrected chi connectivity index (χ0v) is 23.7. The molecule has 0 radical (unpaired) electrons. The highest BCUT2D eigenvalue weighted by molar-refractivity contribution is 5.99. The summed E-state index contributed by atoms with van der Waals surface area (Å²) in [5, 5.41) is 5.99. The van der Waals surface area contributed by atoms with Crippen LogP contribution in [0.4, 0.5) is 21.9 Å². The van der Waals surface area contributed by atoms with Gasteiger partial charge in [0.1, 0.15) is 12.1 Å². The SMILES string of the molecule is Cc1ccc(NC(=O)CN2CN(c3ccccc3)C3(CCN(C(=O)Nc4cccc(C)c4C)CC3)C2=O)cc1C. The van der Waals surface area contributed by atoms with Crippen LogP contribution in [0.15, 0.2) is 66.7 Å². The van der Waals surface area contributed by atoms with Gasteiger partial charge in [-0.15, -0.1) is 0 Å². The van der Waals surface area contributed by atoms with Gasteiger partial charge in [-0.1, -0.05) is 36.4 Å². The number of urea groups is 1. The number of para-hydroxylation sites is 1. The molecule has 5 rings (SSSR count). The molecule has 3 aromatic carbocycles. The van der Waals surface area contributed by atoms with Gasteiger partial charge in [0.2, 0.25) is 5.91 Å². The quantitative estimate of drug-likeness (QED) is 0.465. The molecular formula is C32H37N5O3. The lowest BCUT2D eigenvalue weighted by atomic mass is 9.85. The zero-order chi connectivity index (χ0) is 28.4. The molecule has 2 aliphatic rings. The number of nitrogens with zero attached hydrogens (tertiary/aromatic N) is 3. The molecule has 0 aromatic heterocycles. The van der Waals surface area contributed by atoms with E-state index in [4.69, 9.17) is 0 Å². The molecule has 4 amide bonds. The van der Waals surface area contributed by atoms with E-state index < -0.39 is 5.54 Å². The molecule has 3 aromatic rings. The van der Waals surface area contributed by atoms with Crippen molar-refractivity contribution in [1.29, 1.82) is 0 Å². The van der Waals surface area contributed by atoms with Gasteiger partial charge in [0, 0.05) is 30.2 Å². The van der Waals surface area contributed by atoms with Gasteiger partial charge in [0.15, 0.2) is 0 Å². The topological polar surface area (TPSA) is 85.0 Å². The Balaban J connectivity index is 1.31. The maximum atomic E-state index is 14.0. The molecule has 2 heterocycles. The van der Waals surface area contributed by atoms with E-state index in [0.717, 1.165) is 39.3 Å². The van der Waals surface area contributed by atoms with E-state index in [1.807, 2.05) is 94.4 Å². The number of nitrogens with one attached hydrogen (secondary N) is 2. The van der Waals surface area contributed by atoms with Crippen molar-refractivity contribution in [2.75, 3.05) is 41.8 Å². The summed E-state index contributed by atoms with van der Waals surface area (Å²) < 4.78 is 0. The number of likely N-dealkylation sites (tertiary alicyclic amines) is 1. The predicted octanol–water partition coefficient (Wildman–Crippen LogP) is 5.23. The molecule has 2 N–H and O–H groups in total. The fourth-order valence-electron chi connectivity index (χ4n) is 5.68. The standard InChI is InChI=1S/C32H37N5O3/c1-22-13-14-26(19-24(22)3)33-29(38)20-36-21-37(27-10-6-5-7-11-27)32(30(36)39)15-17-35(18-16-32)31(40)34-28-12-8-9-23(2)25(28)4/h5-14,19H,15-18,20-21H2,1-4H3,(H,33,38)(H,34,40). The van der Waals surface area contributed by atoms with Crippen molar-refractivity contribution in [3.8, 4) is 0 Å². The minimum absolute atomic E-state index is 0.0341. The number of benzene rings is 3. The van der Waals surface area contributed by atoms with Crippen LogP contribution in [0, 0.1) is 27.7 Å². The van der Waals surface area contributed by atoms with Gasteiger partial charge in [0.05, 0.1) is 6.67 Å². The molecule has 8 nitrogen and oxygen atoms in total. The van der Waals surface area contributed by atoms with E-state index in [-0.39, 0.29) is 24.4 Å². The molecule has 40 heavy (non-hydrogen) atoms. The first-order valence-electron chi connectivity index (χ1n) is 13.8. The summed E-state index contributed by atoms with van der Waals surface area (Å²) in [6.07, 6.45) is 0.965. The van der Waals surface area contributed by atoms with E-state index in [1.165, 1.54) is 0 Å². The maximum absolute atomic E-state index is 14.0. The van der Waals surface area contributed by atoms with Crippen molar-refractivity contribution in [1.82, 2.24) is 9.80 Å². The van der Waals surface area contributed by atoms with Gasteiger partial charge in [-0.2, -0.15) is 0 Å². The Morgan fingerprint density at radius 3 is 2.25 bits per heavy atom. The van der Waals surface area contributed by atoms with Crippen molar-refractivity contribution in [3.63, 3.8) is 0 Å². The van der Waals surface area contributed by atoms with Gasteiger partial charge in [-0.3, -0.25) is 9.59 Å². The van der Waals surface area contributed by atoms with Gasteiger partial charge in [-0.05, 0) is 93.1 Å². The molecule has 0 aliphatic carbocycles. The van der Waals surface area contributed by atoms with Gasteiger partial charge >= 0.3 is 6.03 Å². The number of carbonyl (C=O) groups is 3. The van der Waals surface area contributed by atoms with Crippen molar-refractivity contribution in [2.45, 2.75) is 46.1 Å². The number of aryl methyl sites for hydroxylation is 3. The first kappa shape index (κ1) is 27.2. The van der Waals surface area contributed by atoms with E-state index in [0.29, 0.717) is 32.6 Å². The second-order valence-corrected chi connectivity index (χ2v) is 11.0. The average molecular weight is 540 g/mol. The Morgan fingerprint density at radius 1 is 0.825 bits per heavy atom. The number of hydrogen-bond acceptors (Lipinski definition) is 4. The molecule has 0 bridgehead atoms. The Kier molecular flexibility index (Phi) is 7.52. The number of piperidine rings is 1. The largest absolute Gasteiger partial charge is 0.339 e. The molecule has 8 heteroatoms. The van der Waals surface area contributed by atoms with E-state index in [2.05, 4.69) is 15.5 Å². The number of hydrogen-bond donors (Lipinski definition) is 2. The lowest BCUT2D eigenvalue weighted by molar-refractivity contribution is -0.136. The molecule has 1 spiro atoms. The molecule has 2 aliphatic heterocycles. The van der Waals surface area contributed by atoms with Crippen molar-refractivity contribution >= 4 is 34.9 Å². The van der Waals surface area contributed by atoms with Crippen LogP contribution in [0.2, 0.25) is 0 Å². The Hall–Kier alpha value is -4.33. The first-order chi connectivity index (χ1) is 19.2. The maximum Gasteiger partial charge on any atom is 0.321 e. The second kappa shape index (κ2) is 11.0. The van der Waals surface area contributed by atoms with Crippen LogP contribution in [0.25, 0.3) is 0 Å². The molecular weight excluding hydrogens is 502 g/mol. The van der Waals surface area contributed by atoms with Crippen LogP contribution in [0.1, 0.15) is 35.1 Å². The molecule has 208 valence electrons. The lowest BCUT2D eigenvalue weighted by Crippen LogP contribution is -2.58. The number of carbonyl (C=O) groups excluding carboxylic acids is 3. The normalized spacial score (nSPS) is 16.4. The fraction of sp³-hybridized carbons (Fsp3) is 0.344. The number of amides is 4. The van der Waals surface area contributed by atoms with E-state index in [9.17, 15) is 14.4 Å². The second-order valence-electron chi connectivity index (χ2n) is 11.0. The Labute approximate surface area is 236 Å². The van der Waals surface area contributed by atoms with E-state index in [1.54, 1.807) is 9.80 Å². The van der Waals surface area contributed by atoms with Crippen molar-refractivity contribution < 1.29 is 14.4 Å². The van der Waals surface area contributed by atoms with Gasteiger partial charge in [0.25, 0.3) is 5.91 Å². The van der Waals surface area contributed by atoms with Crippen LogP contribution in [0.3, 0.4) is 0 Å². The Bertz CT molecular complexity index is 1430. The summed E-state index contributed by atoms with van der Waals surface area (Å²) in [5.41, 5.74) is 6.05. The summed E-state index contributed by atoms with van der Waals surface area (Å²) in [5.74, 6) is -0.298. The number of anilines is 3. The average Bonchev–Trinajstić information content (AvgIpc) is 3.20. The first-order valence-corrected chi connectivity index (χ1v) is 13.8. The van der Waals surface area contributed by atoms with Crippen LogP contribution in [-0.2, 0) is 9.59 Å². The van der Waals surface area contributed by atoms with Crippen LogP contribution < -0.4 is 15.5 Å². The van der Waals surface area contributed by atoms with E-state index >= 15 is 0 Å². The summed E-state index contributed by atoms with van der Waals surface area (Å²) in [6, 6.07) is 21.3. The van der Waals surface area contributed by atoms with Crippen molar-refractivity contribution in [2.24, 2.45) is 0 Å². The highest BCUT2D eigenvalue weighted by atomic mass is 16.2. The summed E-state index contributed by atoms with van der Waals surface area (Å²) in [7, 11) is 0. The predicted molar refractivity (Wildman–Crippen MR) is 159 cm³/mol. The minimum atomic E-state index is -0.807. The zero-order valence-electron chi connectivity index (χ0n) is 23.7. The smallest absolute Gasteiger partial charge is 0.321 e. The third-order valence-corrected chi connectivity index (χ3v) is 8.43. The molecule has 0 unspecified atom stereocenters. The highest BCUT2D eigenvalue weighted by Gasteiger charge is 2.54. The molecule has 2 fully saturated rings. The van der Waals surface area contributed by atoms with Crippen LogP contribution in [-0.4, -0.2) is 59.5 Å². The molecule has 0 saturated carbocycles. The van der Waals surface area contributed by atoms with Crippen molar-refractivity contribution in [3.05, 3.63) is 89.0 Å². The van der Waals surface area contributed by atoms with Crippen LogP contribution >= 0.6 is 0 Å².